The monoisotopic (exact) mass is 382 g/mol. The number of hydrogen-bond acceptors (Lipinski definition) is 6. The van der Waals surface area contributed by atoms with Crippen LogP contribution in [0, 0.1) is 11.8 Å². The number of rotatable bonds is 3. The predicted octanol–water partition coefficient (Wildman–Crippen LogP) is 0.862. The Morgan fingerprint density at radius 3 is 2.86 bits per heavy atom. The van der Waals surface area contributed by atoms with Crippen molar-refractivity contribution in [2.75, 3.05) is 13.6 Å². The maximum absolute atomic E-state index is 13.3. The van der Waals surface area contributed by atoms with Crippen molar-refractivity contribution in [2.24, 2.45) is 11.8 Å². The number of fused-ring (bicyclic) bond motifs is 1. The molecule has 3 heterocycles. The van der Waals surface area contributed by atoms with Crippen molar-refractivity contribution in [3.05, 3.63) is 23.3 Å². The lowest BCUT2D eigenvalue weighted by Gasteiger charge is -2.61. The number of amides is 1. The molecular formula is C19H26N8O. The highest BCUT2D eigenvalue weighted by molar-refractivity contribution is 5.94. The third-order valence-corrected chi connectivity index (χ3v) is 7.52. The molecule has 4 bridgehead atoms. The summed E-state index contributed by atoms with van der Waals surface area (Å²) in [5.41, 5.74) is 2.46. The Labute approximate surface area is 163 Å². The number of aromatic nitrogens is 6. The zero-order valence-corrected chi connectivity index (χ0v) is 16.2. The zero-order chi connectivity index (χ0) is 18.9. The average Bonchev–Trinajstić information content (AvgIpc) is 3.30. The molecule has 9 nitrogen and oxygen atoms in total. The van der Waals surface area contributed by atoms with E-state index in [0.29, 0.717) is 17.5 Å². The fourth-order valence-electron chi connectivity index (χ4n) is 6.90. The standard InChI is InChI=1S/C19H26N8O/c1-26-3-2-15-14(9-26)16(24-23-15)17(28)22-18-5-12-4-13(6-18)8-19(7-12,10-18)27-21-11-20-25-27/h11-13H,2-10H2,1H3,(H,22,28)(H,23,24)/t12-,13+,18?,19?. The summed E-state index contributed by atoms with van der Waals surface area (Å²) in [6, 6.07) is 0. The second-order valence-electron chi connectivity index (χ2n) is 9.66. The van der Waals surface area contributed by atoms with E-state index in [1.807, 2.05) is 4.80 Å². The highest BCUT2D eigenvalue weighted by Crippen LogP contribution is 2.60. The maximum atomic E-state index is 13.3. The molecule has 2 aromatic heterocycles. The largest absolute Gasteiger partial charge is 0.345 e. The first kappa shape index (κ1) is 16.6. The van der Waals surface area contributed by atoms with Crippen molar-refractivity contribution in [3.63, 3.8) is 0 Å². The molecule has 0 saturated heterocycles. The molecule has 0 spiro atoms. The van der Waals surface area contributed by atoms with Gasteiger partial charge in [0.1, 0.15) is 0 Å². The van der Waals surface area contributed by atoms with Crippen LogP contribution < -0.4 is 5.32 Å². The first-order chi connectivity index (χ1) is 13.5. The molecule has 2 aromatic rings. The molecule has 28 heavy (non-hydrogen) atoms. The van der Waals surface area contributed by atoms with Gasteiger partial charge in [-0.25, -0.2) is 0 Å². The Morgan fingerprint density at radius 1 is 1.29 bits per heavy atom. The third-order valence-electron chi connectivity index (χ3n) is 7.52. The SMILES string of the molecule is CN1CCc2[nH]nc(C(=O)NC34C[C@H]5C[C@@H](C3)CC(n3ncnn3)(C5)C4)c2C1. The molecule has 148 valence electrons. The second-order valence-corrected chi connectivity index (χ2v) is 9.66. The minimum Gasteiger partial charge on any atom is -0.345 e. The molecule has 7 rings (SSSR count). The minimum absolute atomic E-state index is 0.0311. The quantitative estimate of drug-likeness (QED) is 0.816. The van der Waals surface area contributed by atoms with Crippen molar-refractivity contribution >= 4 is 5.91 Å². The second kappa shape index (κ2) is 5.62. The van der Waals surface area contributed by atoms with Crippen LogP contribution in [0.3, 0.4) is 0 Å². The summed E-state index contributed by atoms with van der Waals surface area (Å²) in [6.45, 7) is 1.77. The van der Waals surface area contributed by atoms with Gasteiger partial charge in [-0.15, -0.1) is 10.2 Å². The van der Waals surface area contributed by atoms with Gasteiger partial charge >= 0.3 is 0 Å². The zero-order valence-electron chi connectivity index (χ0n) is 16.2. The number of carbonyl (C=O) groups is 1. The predicted molar refractivity (Wildman–Crippen MR) is 99.3 cm³/mol. The van der Waals surface area contributed by atoms with Crippen molar-refractivity contribution in [1.29, 1.82) is 0 Å². The Balaban J connectivity index is 1.31. The number of nitrogens with one attached hydrogen (secondary N) is 2. The summed E-state index contributed by atoms with van der Waals surface area (Å²) in [4.78, 5) is 17.4. The van der Waals surface area contributed by atoms with Crippen LogP contribution in [0.5, 0.6) is 0 Å². The van der Waals surface area contributed by atoms with Gasteiger partial charge in [0.15, 0.2) is 12.0 Å². The van der Waals surface area contributed by atoms with Crippen LogP contribution in [0.1, 0.15) is 60.3 Å². The summed E-state index contributed by atoms with van der Waals surface area (Å²) in [5.74, 6) is 1.20. The Bertz CT molecular complexity index is 905. The molecule has 4 saturated carbocycles. The van der Waals surface area contributed by atoms with E-state index in [-0.39, 0.29) is 17.0 Å². The van der Waals surface area contributed by atoms with Crippen LogP contribution in [-0.4, -0.2) is 60.3 Å². The van der Waals surface area contributed by atoms with Crippen LogP contribution >= 0.6 is 0 Å². The van der Waals surface area contributed by atoms with Gasteiger partial charge in [-0.05, 0) is 62.6 Å². The first-order valence-electron chi connectivity index (χ1n) is 10.3. The van der Waals surface area contributed by atoms with Gasteiger partial charge in [-0.1, -0.05) is 0 Å². The highest BCUT2D eigenvalue weighted by atomic mass is 16.2. The van der Waals surface area contributed by atoms with E-state index in [4.69, 9.17) is 0 Å². The minimum atomic E-state index is -0.179. The van der Waals surface area contributed by atoms with Crippen LogP contribution in [0.15, 0.2) is 6.33 Å². The van der Waals surface area contributed by atoms with E-state index < -0.39 is 0 Å². The summed E-state index contributed by atoms with van der Waals surface area (Å²) in [5, 5.41) is 23.5. The summed E-state index contributed by atoms with van der Waals surface area (Å²) >= 11 is 0. The number of aromatic amines is 1. The lowest BCUT2D eigenvalue weighted by atomic mass is 9.50. The number of H-pyrrole nitrogens is 1. The molecule has 1 aliphatic heterocycles. The van der Waals surface area contributed by atoms with Gasteiger partial charge in [0, 0.05) is 36.3 Å². The Morgan fingerprint density at radius 2 is 2.11 bits per heavy atom. The van der Waals surface area contributed by atoms with E-state index in [9.17, 15) is 4.79 Å². The molecule has 2 unspecified atom stereocenters. The fourth-order valence-corrected chi connectivity index (χ4v) is 6.90. The van der Waals surface area contributed by atoms with Gasteiger partial charge in [0.2, 0.25) is 0 Å². The smallest absolute Gasteiger partial charge is 0.272 e. The van der Waals surface area contributed by atoms with E-state index in [0.717, 1.165) is 62.9 Å². The summed E-state index contributed by atoms with van der Waals surface area (Å²) in [6.07, 6.45) is 8.90. The molecule has 0 radical (unpaired) electrons. The van der Waals surface area contributed by atoms with Crippen molar-refractivity contribution in [2.45, 2.75) is 62.6 Å². The lowest BCUT2D eigenvalue weighted by molar-refractivity contribution is -0.0811. The van der Waals surface area contributed by atoms with E-state index in [1.54, 1.807) is 0 Å². The number of carbonyl (C=O) groups excluding carboxylic acids is 1. The Kier molecular flexibility index (Phi) is 3.34. The number of hydrogen-bond donors (Lipinski definition) is 2. The van der Waals surface area contributed by atoms with Crippen LogP contribution in [0.2, 0.25) is 0 Å². The van der Waals surface area contributed by atoms with Gasteiger partial charge in [-0.3, -0.25) is 9.89 Å². The molecule has 4 fully saturated rings. The van der Waals surface area contributed by atoms with Gasteiger partial charge < -0.3 is 10.2 Å². The van der Waals surface area contributed by atoms with Crippen LogP contribution in [0.4, 0.5) is 0 Å². The summed E-state index contributed by atoms with van der Waals surface area (Å²) < 4.78 is 0. The molecule has 1 amide bonds. The normalized spacial score (nSPS) is 36.5. The Hall–Kier alpha value is -2.29. The molecule has 9 heteroatoms. The molecule has 0 aromatic carbocycles. The number of tetrazole rings is 1. The molecule has 5 aliphatic rings. The topological polar surface area (TPSA) is 105 Å². The van der Waals surface area contributed by atoms with Crippen molar-refractivity contribution in [1.82, 2.24) is 40.6 Å². The first-order valence-corrected chi connectivity index (χ1v) is 10.3. The van der Waals surface area contributed by atoms with Crippen molar-refractivity contribution < 1.29 is 4.79 Å². The van der Waals surface area contributed by atoms with Gasteiger partial charge in [-0.2, -0.15) is 9.90 Å². The van der Waals surface area contributed by atoms with Crippen LogP contribution in [-0.2, 0) is 18.5 Å². The molecule has 4 aliphatic carbocycles. The number of nitrogens with zero attached hydrogens (tertiary/aromatic N) is 6. The third kappa shape index (κ3) is 2.38. The average molecular weight is 382 g/mol. The van der Waals surface area contributed by atoms with Gasteiger partial charge in [0.05, 0.1) is 5.54 Å². The molecule has 4 atom stereocenters. The van der Waals surface area contributed by atoms with Crippen molar-refractivity contribution in [3.8, 4) is 0 Å². The van der Waals surface area contributed by atoms with E-state index in [1.165, 1.54) is 12.7 Å². The van der Waals surface area contributed by atoms with E-state index >= 15 is 0 Å². The molecule has 2 N–H and O–H groups in total. The lowest BCUT2D eigenvalue weighted by Crippen LogP contribution is -2.66. The van der Waals surface area contributed by atoms with Gasteiger partial charge in [0.25, 0.3) is 5.91 Å². The fraction of sp³-hybridized carbons (Fsp3) is 0.737. The molecular weight excluding hydrogens is 356 g/mol. The van der Waals surface area contributed by atoms with E-state index in [2.05, 4.69) is 42.9 Å². The highest BCUT2D eigenvalue weighted by Gasteiger charge is 2.60. The summed E-state index contributed by atoms with van der Waals surface area (Å²) in [7, 11) is 2.09. The maximum Gasteiger partial charge on any atom is 0.272 e. The number of likely N-dealkylation sites (N-methyl/N-ethyl adjacent to an activating group) is 1. The van der Waals surface area contributed by atoms with Crippen LogP contribution in [0.25, 0.3) is 0 Å².